The van der Waals surface area contributed by atoms with Crippen molar-refractivity contribution in [2.45, 2.75) is 44.8 Å². The van der Waals surface area contributed by atoms with Crippen molar-refractivity contribution in [3.8, 4) is 5.75 Å². The predicted molar refractivity (Wildman–Crippen MR) is 61.9 cm³/mol. The maximum absolute atomic E-state index is 13.1. The van der Waals surface area contributed by atoms with Gasteiger partial charge in [-0.25, -0.2) is 4.39 Å². The zero-order valence-electron chi connectivity index (χ0n) is 9.79. The molecule has 2 atom stereocenters. The fraction of sp³-hybridized carbons (Fsp3) is 0.538. The molecule has 2 nitrogen and oxygen atoms in total. The van der Waals surface area contributed by atoms with Gasteiger partial charge in [0.05, 0.1) is 0 Å². The SMILES string of the molecule is CCCC1(C)CC(N)c2ccc(F)cc2O1. The quantitative estimate of drug-likeness (QED) is 0.835. The van der Waals surface area contributed by atoms with Gasteiger partial charge >= 0.3 is 0 Å². The summed E-state index contributed by atoms with van der Waals surface area (Å²) >= 11 is 0. The molecule has 0 aliphatic carbocycles. The zero-order chi connectivity index (χ0) is 11.8. The van der Waals surface area contributed by atoms with Crippen LogP contribution in [0.1, 0.15) is 44.7 Å². The molecular formula is C13H18FNO. The van der Waals surface area contributed by atoms with Crippen molar-refractivity contribution >= 4 is 0 Å². The van der Waals surface area contributed by atoms with E-state index in [-0.39, 0.29) is 17.5 Å². The number of fused-ring (bicyclic) bond motifs is 1. The Kier molecular flexibility index (Phi) is 2.89. The molecule has 0 radical (unpaired) electrons. The lowest BCUT2D eigenvalue weighted by Crippen LogP contribution is -2.40. The molecule has 0 saturated heterocycles. The molecule has 0 aromatic heterocycles. The van der Waals surface area contributed by atoms with E-state index < -0.39 is 0 Å². The molecule has 1 aromatic rings. The van der Waals surface area contributed by atoms with Gasteiger partial charge in [0.25, 0.3) is 0 Å². The molecule has 0 saturated carbocycles. The minimum Gasteiger partial charge on any atom is -0.487 e. The van der Waals surface area contributed by atoms with Crippen LogP contribution in [0.5, 0.6) is 5.75 Å². The van der Waals surface area contributed by atoms with Gasteiger partial charge in [0.15, 0.2) is 0 Å². The van der Waals surface area contributed by atoms with Gasteiger partial charge in [-0.15, -0.1) is 0 Å². The van der Waals surface area contributed by atoms with Gasteiger partial charge in [-0.3, -0.25) is 0 Å². The van der Waals surface area contributed by atoms with Crippen LogP contribution in [0.25, 0.3) is 0 Å². The van der Waals surface area contributed by atoms with Crippen molar-refractivity contribution in [3.05, 3.63) is 29.6 Å². The van der Waals surface area contributed by atoms with E-state index in [4.69, 9.17) is 10.5 Å². The van der Waals surface area contributed by atoms with Crippen LogP contribution in [0.3, 0.4) is 0 Å². The molecule has 1 aliphatic rings. The highest BCUT2D eigenvalue weighted by Gasteiger charge is 2.35. The fourth-order valence-electron chi connectivity index (χ4n) is 2.47. The molecule has 2 N–H and O–H groups in total. The molecule has 16 heavy (non-hydrogen) atoms. The molecule has 1 aromatic carbocycles. The van der Waals surface area contributed by atoms with E-state index in [1.807, 2.05) is 6.92 Å². The van der Waals surface area contributed by atoms with Gasteiger partial charge < -0.3 is 10.5 Å². The largest absolute Gasteiger partial charge is 0.487 e. The van der Waals surface area contributed by atoms with Crippen LogP contribution in [0.4, 0.5) is 4.39 Å². The average molecular weight is 223 g/mol. The van der Waals surface area contributed by atoms with Crippen molar-refractivity contribution in [1.82, 2.24) is 0 Å². The summed E-state index contributed by atoms with van der Waals surface area (Å²) in [5.74, 6) is 0.335. The topological polar surface area (TPSA) is 35.2 Å². The molecule has 1 aliphatic heterocycles. The third kappa shape index (κ3) is 2.05. The third-order valence-corrected chi connectivity index (χ3v) is 3.16. The van der Waals surface area contributed by atoms with Gasteiger partial charge in [-0.05, 0) is 19.4 Å². The molecule has 0 bridgehead atoms. The van der Waals surface area contributed by atoms with Crippen LogP contribution < -0.4 is 10.5 Å². The first kappa shape index (κ1) is 11.4. The zero-order valence-corrected chi connectivity index (χ0v) is 9.79. The number of hydrogen-bond donors (Lipinski definition) is 1. The molecule has 88 valence electrons. The maximum Gasteiger partial charge on any atom is 0.127 e. The highest BCUT2D eigenvalue weighted by atomic mass is 19.1. The predicted octanol–water partition coefficient (Wildman–Crippen LogP) is 3.17. The first-order chi connectivity index (χ1) is 7.54. The van der Waals surface area contributed by atoms with E-state index in [1.54, 1.807) is 6.07 Å². The summed E-state index contributed by atoms with van der Waals surface area (Å²) in [4.78, 5) is 0. The summed E-state index contributed by atoms with van der Waals surface area (Å²) in [6.45, 7) is 4.16. The van der Waals surface area contributed by atoms with E-state index >= 15 is 0 Å². The highest BCUT2D eigenvalue weighted by Crippen LogP contribution is 2.40. The molecule has 2 rings (SSSR count). The summed E-state index contributed by atoms with van der Waals surface area (Å²) < 4.78 is 19.0. The van der Waals surface area contributed by atoms with Crippen LogP contribution in [0, 0.1) is 5.82 Å². The lowest BCUT2D eigenvalue weighted by Gasteiger charge is -2.38. The molecule has 1 heterocycles. The smallest absolute Gasteiger partial charge is 0.127 e. The fourth-order valence-corrected chi connectivity index (χ4v) is 2.47. The second-order valence-corrected chi connectivity index (χ2v) is 4.79. The summed E-state index contributed by atoms with van der Waals surface area (Å²) in [5.41, 5.74) is 6.76. The Morgan fingerprint density at radius 2 is 2.31 bits per heavy atom. The molecule has 3 heteroatoms. The van der Waals surface area contributed by atoms with Crippen molar-refractivity contribution in [2.75, 3.05) is 0 Å². The summed E-state index contributed by atoms with van der Waals surface area (Å²) in [5, 5.41) is 0. The number of halogens is 1. The Morgan fingerprint density at radius 1 is 1.56 bits per heavy atom. The Hall–Kier alpha value is -1.09. The Morgan fingerprint density at radius 3 is 3.00 bits per heavy atom. The van der Waals surface area contributed by atoms with Gasteiger partial charge in [0, 0.05) is 24.1 Å². The van der Waals surface area contributed by atoms with Crippen LogP contribution >= 0.6 is 0 Å². The standard InChI is InChI=1S/C13H18FNO/c1-3-6-13(2)8-11(15)10-5-4-9(14)7-12(10)16-13/h4-5,7,11H,3,6,8,15H2,1-2H3. The number of nitrogens with two attached hydrogens (primary N) is 1. The number of rotatable bonds is 2. The van der Waals surface area contributed by atoms with E-state index in [0.29, 0.717) is 5.75 Å². The highest BCUT2D eigenvalue weighted by molar-refractivity contribution is 5.39. The first-order valence-corrected chi connectivity index (χ1v) is 5.78. The number of ether oxygens (including phenoxy) is 1. The number of benzene rings is 1. The van der Waals surface area contributed by atoms with Crippen LogP contribution in [0.15, 0.2) is 18.2 Å². The van der Waals surface area contributed by atoms with E-state index in [1.165, 1.54) is 12.1 Å². The van der Waals surface area contributed by atoms with Gasteiger partial charge in [-0.1, -0.05) is 19.4 Å². The minimum absolute atomic E-state index is 0.0547. The van der Waals surface area contributed by atoms with E-state index in [0.717, 1.165) is 24.8 Å². The summed E-state index contributed by atoms with van der Waals surface area (Å²) in [6, 6.07) is 4.54. The summed E-state index contributed by atoms with van der Waals surface area (Å²) in [6.07, 6.45) is 2.77. The molecule has 0 fully saturated rings. The van der Waals surface area contributed by atoms with Crippen LogP contribution in [0.2, 0.25) is 0 Å². The van der Waals surface area contributed by atoms with Crippen LogP contribution in [-0.4, -0.2) is 5.60 Å². The van der Waals surface area contributed by atoms with Crippen molar-refractivity contribution < 1.29 is 9.13 Å². The first-order valence-electron chi connectivity index (χ1n) is 5.78. The third-order valence-electron chi connectivity index (χ3n) is 3.16. The average Bonchev–Trinajstić information content (AvgIpc) is 2.15. The van der Waals surface area contributed by atoms with Gasteiger partial charge in [0.1, 0.15) is 17.2 Å². The lowest BCUT2D eigenvalue weighted by molar-refractivity contribution is 0.0445. The normalized spacial score (nSPS) is 28.4. The van der Waals surface area contributed by atoms with Crippen molar-refractivity contribution in [3.63, 3.8) is 0 Å². The number of hydrogen-bond acceptors (Lipinski definition) is 2. The van der Waals surface area contributed by atoms with Crippen LogP contribution in [-0.2, 0) is 0 Å². The van der Waals surface area contributed by atoms with E-state index in [2.05, 4.69) is 6.92 Å². The molecular weight excluding hydrogens is 205 g/mol. The van der Waals surface area contributed by atoms with Gasteiger partial charge in [-0.2, -0.15) is 0 Å². The van der Waals surface area contributed by atoms with Gasteiger partial charge in [0.2, 0.25) is 0 Å². The second kappa shape index (κ2) is 4.06. The second-order valence-electron chi connectivity index (χ2n) is 4.79. The van der Waals surface area contributed by atoms with E-state index in [9.17, 15) is 4.39 Å². The Bertz CT molecular complexity index is 394. The molecule has 2 unspecified atom stereocenters. The molecule has 0 amide bonds. The summed E-state index contributed by atoms with van der Waals surface area (Å²) in [7, 11) is 0. The monoisotopic (exact) mass is 223 g/mol. The minimum atomic E-state index is -0.272. The lowest BCUT2D eigenvalue weighted by atomic mass is 9.86. The van der Waals surface area contributed by atoms with Crippen molar-refractivity contribution in [1.29, 1.82) is 0 Å². The maximum atomic E-state index is 13.1. The Labute approximate surface area is 95.6 Å². The van der Waals surface area contributed by atoms with Crippen molar-refractivity contribution in [2.24, 2.45) is 5.73 Å². The molecule has 0 spiro atoms. The Balaban J connectivity index is 2.34.